The van der Waals surface area contributed by atoms with Gasteiger partial charge >= 0.3 is 0 Å². The number of benzene rings is 2. The van der Waals surface area contributed by atoms with E-state index in [9.17, 15) is 19.7 Å². The van der Waals surface area contributed by atoms with Crippen LogP contribution in [-0.2, 0) is 11.3 Å². The molecule has 0 fully saturated rings. The second kappa shape index (κ2) is 12.0. The number of nitrogens with one attached hydrogen (secondary N) is 2. The molecule has 1 heterocycles. The van der Waals surface area contributed by atoms with Crippen molar-refractivity contribution in [3.8, 4) is 0 Å². The molecule has 10 nitrogen and oxygen atoms in total. The molecule has 1 atom stereocenters. The first-order valence-electron chi connectivity index (χ1n) is 11.3. The van der Waals surface area contributed by atoms with E-state index in [0.29, 0.717) is 23.1 Å². The number of rotatable bonds is 10. The third-order valence-electron chi connectivity index (χ3n) is 5.37. The minimum atomic E-state index is -0.561. The van der Waals surface area contributed by atoms with Gasteiger partial charge in [0.05, 0.1) is 27.4 Å². The second-order valence-corrected chi connectivity index (χ2v) is 9.75. The van der Waals surface area contributed by atoms with Crippen molar-refractivity contribution < 1.29 is 14.5 Å². The number of nitro benzene ring substituents is 1. The summed E-state index contributed by atoms with van der Waals surface area (Å²) in [6.45, 7) is 8.39. The minimum Gasteiger partial charge on any atom is -0.342 e. The number of nitrogens with zero attached hydrogens (tertiary/aromatic N) is 4. The van der Waals surface area contributed by atoms with Gasteiger partial charge in [-0.2, -0.15) is 0 Å². The highest BCUT2D eigenvalue weighted by Crippen LogP contribution is 2.28. The molecule has 0 aliphatic heterocycles. The Hall–Kier alpha value is -3.44. The van der Waals surface area contributed by atoms with Gasteiger partial charge in [-0.25, -0.2) is 0 Å². The summed E-state index contributed by atoms with van der Waals surface area (Å²) in [5.41, 5.74) is 1.61. The van der Waals surface area contributed by atoms with Crippen LogP contribution >= 0.6 is 23.4 Å². The number of aromatic nitrogens is 3. The number of amides is 2. The molecular formula is C24H27ClN6O4S. The Labute approximate surface area is 218 Å². The lowest BCUT2D eigenvalue weighted by Gasteiger charge is -2.22. The maximum atomic E-state index is 12.9. The summed E-state index contributed by atoms with van der Waals surface area (Å²) in [5.74, 6) is 0.00674. The molecule has 3 aromatic rings. The summed E-state index contributed by atoms with van der Waals surface area (Å²) in [4.78, 5) is 35.8. The van der Waals surface area contributed by atoms with Gasteiger partial charge in [0.15, 0.2) is 11.0 Å². The van der Waals surface area contributed by atoms with E-state index in [1.54, 1.807) is 12.1 Å². The molecule has 1 aromatic heterocycles. The SMILES string of the molecule is CCn1c(SCC(=O)Nc2cc([N+](=O)[O-])ccc2Cl)nnc1[C@H](NC(=O)c1ccc(C)cc1)C(C)C. The van der Waals surface area contributed by atoms with Crippen molar-refractivity contribution in [2.75, 3.05) is 11.1 Å². The van der Waals surface area contributed by atoms with Crippen LogP contribution in [0.2, 0.25) is 5.02 Å². The van der Waals surface area contributed by atoms with Crippen molar-refractivity contribution in [2.45, 2.75) is 45.4 Å². The first-order chi connectivity index (χ1) is 17.1. The van der Waals surface area contributed by atoms with Gasteiger partial charge in [-0.15, -0.1) is 10.2 Å². The van der Waals surface area contributed by atoms with E-state index in [1.165, 1.54) is 30.0 Å². The Morgan fingerprint density at radius 1 is 1.17 bits per heavy atom. The van der Waals surface area contributed by atoms with Crippen molar-refractivity contribution in [3.63, 3.8) is 0 Å². The molecule has 190 valence electrons. The number of anilines is 1. The van der Waals surface area contributed by atoms with Gasteiger partial charge in [-0.05, 0) is 38.0 Å². The largest absolute Gasteiger partial charge is 0.342 e. The number of hydrogen-bond acceptors (Lipinski definition) is 7. The molecule has 36 heavy (non-hydrogen) atoms. The molecule has 0 aliphatic carbocycles. The van der Waals surface area contributed by atoms with Gasteiger partial charge in [0.2, 0.25) is 5.91 Å². The lowest BCUT2D eigenvalue weighted by Crippen LogP contribution is -2.33. The number of thioether (sulfide) groups is 1. The summed E-state index contributed by atoms with van der Waals surface area (Å²) in [6.07, 6.45) is 0. The van der Waals surface area contributed by atoms with E-state index in [1.807, 2.05) is 44.4 Å². The molecule has 2 amide bonds. The third kappa shape index (κ3) is 6.61. The fourth-order valence-electron chi connectivity index (χ4n) is 3.43. The van der Waals surface area contributed by atoms with Gasteiger partial charge in [-0.3, -0.25) is 19.7 Å². The van der Waals surface area contributed by atoms with Crippen LogP contribution in [0.3, 0.4) is 0 Å². The summed E-state index contributed by atoms with van der Waals surface area (Å²) in [5, 5.41) is 25.9. The molecular weight excluding hydrogens is 504 g/mol. The van der Waals surface area contributed by atoms with Crippen LogP contribution in [0.5, 0.6) is 0 Å². The number of non-ortho nitro benzene ring substituents is 1. The van der Waals surface area contributed by atoms with Crippen molar-refractivity contribution in [1.82, 2.24) is 20.1 Å². The van der Waals surface area contributed by atoms with E-state index >= 15 is 0 Å². The third-order valence-corrected chi connectivity index (χ3v) is 6.67. The first kappa shape index (κ1) is 27.2. The second-order valence-electron chi connectivity index (χ2n) is 8.40. The van der Waals surface area contributed by atoms with Gasteiger partial charge < -0.3 is 15.2 Å². The lowest BCUT2D eigenvalue weighted by atomic mass is 10.0. The molecule has 0 aliphatic rings. The van der Waals surface area contributed by atoms with Crippen LogP contribution in [0.1, 0.15) is 48.6 Å². The molecule has 12 heteroatoms. The highest BCUT2D eigenvalue weighted by Gasteiger charge is 2.26. The molecule has 2 aromatic carbocycles. The molecule has 2 N–H and O–H groups in total. The molecule has 0 radical (unpaired) electrons. The van der Waals surface area contributed by atoms with Gasteiger partial charge in [-0.1, -0.05) is 54.9 Å². The van der Waals surface area contributed by atoms with Crippen LogP contribution < -0.4 is 10.6 Å². The maximum absolute atomic E-state index is 12.9. The Bertz CT molecular complexity index is 1260. The average molecular weight is 531 g/mol. The number of hydrogen-bond donors (Lipinski definition) is 2. The number of halogens is 1. The normalized spacial score (nSPS) is 11.8. The van der Waals surface area contributed by atoms with Crippen molar-refractivity contribution in [2.24, 2.45) is 5.92 Å². The molecule has 0 saturated carbocycles. The van der Waals surface area contributed by atoms with E-state index in [0.717, 1.165) is 5.56 Å². The number of carbonyl (C=O) groups is 2. The van der Waals surface area contributed by atoms with Crippen LogP contribution in [-0.4, -0.2) is 37.3 Å². The smallest absolute Gasteiger partial charge is 0.271 e. The summed E-state index contributed by atoms with van der Waals surface area (Å²) >= 11 is 7.24. The van der Waals surface area contributed by atoms with Crippen molar-refractivity contribution >= 4 is 46.6 Å². The fourth-order valence-corrected chi connectivity index (χ4v) is 4.41. The van der Waals surface area contributed by atoms with E-state index in [2.05, 4.69) is 20.8 Å². The number of nitro groups is 1. The van der Waals surface area contributed by atoms with Gasteiger partial charge in [0.25, 0.3) is 11.6 Å². The zero-order valence-corrected chi connectivity index (χ0v) is 21.9. The highest BCUT2D eigenvalue weighted by molar-refractivity contribution is 7.99. The minimum absolute atomic E-state index is 0.0147. The topological polar surface area (TPSA) is 132 Å². The molecule has 0 saturated heterocycles. The van der Waals surface area contributed by atoms with Crippen LogP contribution in [0.4, 0.5) is 11.4 Å². The quantitative estimate of drug-likeness (QED) is 0.213. The Balaban J connectivity index is 1.72. The zero-order valence-electron chi connectivity index (χ0n) is 20.3. The Kier molecular flexibility index (Phi) is 9.05. The molecule has 0 unspecified atom stereocenters. The zero-order chi connectivity index (χ0) is 26.4. The van der Waals surface area contributed by atoms with Gasteiger partial charge in [0, 0.05) is 24.2 Å². The number of carbonyl (C=O) groups excluding carboxylic acids is 2. The maximum Gasteiger partial charge on any atom is 0.271 e. The summed E-state index contributed by atoms with van der Waals surface area (Å²) < 4.78 is 1.86. The fraction of sp³-hybridized carbons (Fsp3) is 0.333. The molecule has 3 rings (SSSR count). The average Bonchev–Trinajstić information content (AvgIpc) is 3.25. The first-order valence-corrected chi connectivity index (χ1v) is 12.6. The Morgan fingerprint density at radius 2 is 1.86 bits per heavy atom. The van der Waals surface area contributed by atoms with E-state index in [-0.39, 0.29) is 34.0 Å². The van der Waals surface area contributed by atoms with Crippen LogP contribution in [0.15, 0.2) is 47.6 Å². The standard InChI is InChI=1S/C24H27ClN6O4S/c1-5-30-22(21(14(2)3)27-23(33)16-8-6-15(4)7-9-16)28-29-24(30)36-13-20(32)26-19-12-17(31(34)35)10-11-18(19)25/h6-12,14,21H,5,13H2,1-4H3,(H,26,32)(H,27,33)/t21-/m1/s1. The van der Waals surface area contributed by atoms with Crippen LogP contribution in [0, 0.1) is 23.0 Å². The van der Waals surface area contributed by atoms with E-state index in [4.69, 9.17) is 11.6 Å². The highest BCUT2D eigenvalue weighted by atomic mass is 35.5. The summed E-state index contributed by atoms with van der Waals surface area (Å²) in [7, 11) is 0. The van der Waals surface area contributed by atoms with Gasteiger partial charge in [0.1, 0.15) is 0 Å². The van der Waals surface area contributed by atoms with E-state index < -0.39 is 16.9 Å². The number of aryl methyl sites for hydroxylation is 1. The van der Waals surface area contributed by atoms with Crippen molar-refractivity contribution in [1.29, 1.82) is 0 Å². The Morgan fingerprint density at radius 3 is 2.47 bits per heavy atom. The molecule has 0 bridgehead atoms. The monoisotopic (exact) mass is 530 g/mol. The molecule has 0 spiro atoms. The van der Waals surface area contributed by atoms with Crippen molar-refractivity contribution in [3.05, 3.63) is 74.6 Å². The van der Waals surface area contributed by atoms with Crippen LogP contribution in [0.25, 0.3) is 0 Å². The summed E-state index contributed by atoms with van der Waals surface area (Å²) in [6, 6.07) is 10.8. The predicted molar refractivity (Wildman–Crippen MR) is 139 cm³/mol. The predicted octanol–water partition coefficient (Wildman–Crippen LogP) is 5.03. The lowest BCUT2D eigenvalue weighted by molar-refractivity contribution is -0.384.